The minimum atomic E-state index is 0.317. The molecule has 1 aliphatic rings. The lowest BCUT2D eigenvalue weighted by Crippen LogP contribution is -2.36. The van der Waals surface area contributed by atoms with Gasteiger partial charge in [0.2, 0.25) is 11.1 Å². The number of unbranched alkanes of at least 4 members (excludes halogenated alkanes) is 2. The SMILES string of the molecule is CCCCN=C(Nc1nnc(C)s1)N1N=C(C)SC1CCCC. The first kappa shape index (κ1) is 18.2. The predicted molar refractivity (Wildman–Crippen MR) is 101 cm³/mol. The average molecular weight is 355 g/mol. The van der Waals surface area contributed by atoms with Gasteiger partial charge in [-0.25, -0.2) is 5.01 Å². The zero-order valence-electron chi connectivity index (χ0n) is 14.4. The van der Waals surface area contributed by atoms with Gasteiger partial charge in [-0.1, -0.05) is 56.2 Å². The van der Waals surface area contributed by atoms with E-state index in [4.69, 9.17) is 4.99 Å². The van der Waals surface area contributed by atoms with E-state index in [0.29, 0.717) is 5.37 Å². The van der Waals surface area contributed by atoms with Crippen molar-refractivity contribution < 1.29 is 0 Å². The summed E-state index contributed by atoms with van der Waals surface area (Å²) in [5.74, 6) is 0.792. The van der Waals surface area contributed by atoms with Crippen LogP contribution in [0.5, 0.6) is 0 Å². The lowest BCUT2D eigenvalue weighted by atomic mass is 10.2. The molecule has 6 nitrogen and oxygen atoms in total. The summed E-state index contributed by atoms with van der Waals surface area (Å²) in [6, 6.07) is 0. The molecule has 23 heavy (non-hydrogen) atoms. The number of nitrogens with one attached hydrogen (secondary N) is 1. The molecule has 0 bridgehead atoms. The maximum Gasteiger partial charge on any atom is 0.222 e. The molecule has 0 saturated heterocycles. The molecule has 1 unspecified atom stereocenters. The average Bonchev–Trinajstić information content (AvgIpc) is 3.10. The molecule has 1 aromatic rings. The van der Waals surface area contributed by atoms with E-state index < -0.39 is 0 Å². The Balaban J connectivity index is 2.15. The number of aliphatic imine (C=N–C) groups is 1. The van der Waals surface area contributed by atoms with E-state index in [9.17, 15) is 0 Å². The Morgan fingerprint density at radius 3 is 2.65 bits per heavy atom. The third-order valence-electron chi connectivity index (χ3n) is 3.37. The summed E-state index contributed by atoms with van der Waals surface area (Å²) < 4.78 is 0. The number of aromatic nitrogens is 2. The Hall–Kier alpha value is -1.15. The summed E-state index contributed by atoms with van der Waals surface area (Å²) in [4.78, 5) is 4.74. The molecular weight excluding hydrogens is 328 g/mol. The fourth-order valence-electron chi connectivity index (χ4n) is 2.19. The standard InChI is InChI=1S/C15H26N6S2/c1-5-7-9-13-21(20-12(4)22-13)14(16-10-8-6-2)17-15-19-18-11(3)23-15/h13H,5-10H2,1-4H3,(H,16,17,19). The van der Waals surface area contributed by atoms with Gasteiger partial charge in [-0.15, -0.1) is 10.2 Å². The topological polar surface area (TPSA) is 65.8 Å². The van der Waals surface area contributed by atoms with Crippen LogP contribution in [0.1, 0.15) is 57.9 Å². The summed E-state index contributed by atoms with van der Waals surface area (Å²) in [6.07, 6.45) is 5.69. The highest BCUT2D eigenvalue weighted by atomic mass is 32.2. The van der Waals surface area contributed by atoms with Gasteiger partial charge in [-0.05, 0) is 26.7 Å². The first-order valence-corrected chi connectivity index (χ1v) is 9.96. The van der Waals surface area contributed by atoms with Crippen molar-refractivity contribution in [3.8, 4) is 0 Å². The number of nitrogens with zero attached hydrogens (tertiary/aromatic N) is 5. The molecule has 128 valence electrons. The maximum atomic E-state index is 4.74. The third-order valence-corrected chi connectivity index (χ3v) is 5.25. The van der Waals surface area contributed by atoms with Gasteiger partial charge in [0.1, 0.15) is 10.4 Å². The fraction of sp³-hybridized carbons (Fsp3) is 0.733. The summed E-state index contributed by atoms with van der Waals surface area (Å²) in [5.41, 5.74) is 0. The van der Waals surface area contributed by atoms with Crippen molar-refractivity contribution in [2.45, 2.75) is 65.2 Å². The predicted octanol–water partition coefficient (Wildman–Crippen LogP) is 4.31. The molecule has 1 aromatic heterocycles. The molecule has 0 aromatic carbocycles. The number of anilines is 1. The minimum Gasteiger partial charge on any atom is -0.299 e. The number of thioether (sulfide) groups is 1. The van der Waals surface area contributed by atoms with Crippen LogP contribution in [0, 0.1) is 6.92 Å². The number of hydrogen-bond acceptors (Lipinski definition) is 6. The van der Waals surface area contributed by atoms with Gasteiger partial charge in [0, 0.05) is 6.54 Å². The van der Waals surface area contributed by atoms with Gasteiger partial charge in [0.25, 0.3) is 0 Å². The normalized spacial score (nSPS) is 18.4. The van der Waals surface area contributed by atoms with Crippen LogP contribution in [0.25, 0.3) is 0 Å². The Bertz CT molecular complexity index is 554. The van der Waals surface area contributed by atoms with E-state index in [-0.39, 0.29) is 0 Å². The molecule has 0 aliphatic carbocycles. The molecule has 1 aliphatic heterocycles. The highest BCUT2D eigenvalue weighted by Crippen LogP contribution is 2.30. The van der Waals surface area contributed by atoms with Crippen molar-refractivity contribution in [3.63, 3.8) is 0 Å². The fourth-order valence-corrected chi connectivity index (χ4v) is 3.83. The molecular formula is C15H26N6S2. The van der Waals surface area contributed by atoms with Crippen LogP contribution < -0.4 is 5.32 Å². The largest absolute Gasteiger partial charge is 0.299 e. The Kier molecular flexibility index (Phi) is 7.29. The van der Waals surface area contributed by atoms with E-state index in [1.54, 1.807) is 0 Å². The number of rotatable bonds is 7. The molecule has 2 rings (SSSR count). The van der Waals surface area contributed by atoms with Gasteiger partial charge >= 0.3 is 0 Å². The van der Waals surface area contributed by atoms with Crippen molar-refractivity contribution in [2.75, 3.05) is 11.9 Å². The third kappa shape index (κ3) is 5.46. The van der Waals surface area contributed by atoms with Crippen LogP contribution in [0.2, 0.25) is 0 Å². The summed E-state index contributed by atoms with van der Waals surface area (Å²) >= 11 is 3.36. The Morgan fingerprint density at radius 2 is 2.00 bits per heavy atom. The van der Waals surface area contributed by atoms with Crippen molar-refractivity contribution in [1.29, 1.82) is 0 Å². The van der Waals surface area contributed by atoms with E-state index in [0.717, 1.165) is 46.9 Å². The van der Waals surface area contributed by atoms with Crippen molar-refractivity contribution in [2.24, 2.45) is 10.1 Å². The minimum absolute atomic E-state index is 0.317. The second kappa shape index (κ2) is 9.22. The Labute approximate surface area is 146 Å². The smallest absolute Gasteiger partial charge is 0.222 e. The van der Waals surface area contributed by atoms with Gasteiger partial charge in [-0.2, -0.15) is 5.10 Å². The number of hydrogen-bond donors (Lipinski definition) is 1. The van der Waals surface area contributed by atoms with Crippen LogP contribution in [-0.2, 0) is 0 Å². The first-order valence-electron chi connectivity index (χ1n) is 8.26. The van der Waals surface area contributed by atoms with Crippen LogP contribution >= 0.6 is 23.1 Å². The highest BCUT2D eigenvalue weighted by molar-refractivity contribution is 8.14. The zero-order valence-corrected chi connectivity index (χ0v) is 16.0. The summed E-state index contributed by atoms with van der Waals surface area (Å²) in [7, 11) is 0. The highest BCUT2D eigenvalue weighted by Gasteiger charge is 2.29. The number of aryl methyl sites for hydroxylation is 1. The van der Waals surface area contributed by atoms with Crippen LogP contribution in [-0.4, -0.2) is 38.1 Å². The van der Waals surface area contributed by atoms with Crippen molar-refractivity contribution >= 4 is 39.2 Å². The molecule has 0 saturated carbocycles. The molecule has 0 amide bonds. The Morgan fingerprint density at radius 1 is 1.22 bits per heavy atom. The summed E-state index contributed by atoms with van der Waals surface area (Å²) in [5, 5.41) is 21.4. The lowest BCUT2D eigenvalue weighted by Gasteiger charge is -2.23. The summed E-state index contributed by atoms with van der Waals surface area (Å²) in [6.45, 7) is 9.20. The second-order valence-electron chi connectivity index (χ2n) is 5.49. The number of hydrazone groups is 1. The number of guanidine groups is 1. The molecule has 2 heterocycles. The van der Waals surface area contributed by atoms with E-state index in [1.807, 2.05) is 23.7 Å². The monoisotopic (exact) mass is 354 g/mol. The molecule has 8 heteroatoms. The maximum absolute atomic E-state index is 4.74. The zero-order chi connectivity index (χ0) is 16.7. The van der Waals surface area contributed by atoms with E-state index in [2.05, 4.69) is 41.4 Å². The van der Waals surface area contributed by atoms with E-state index >= 15 is 0 Å². The van der Waals surface area contributed by atoms with Crippen molar-refractivity contribution in [3.05, 3.63) is 5.01 Å². The van der Waals surface area contributed by atoms with Gasteiger partial charge in [0.15, 0.2) is 0 Å². The molecule has 1 atom stereocenters. The van der Waals surface area contributed by atoms with E-state index in [1.165, 1.54) is 24.2 Å². The molecule has 1 N–H and O–H groups in total. The van der Waals surface area contributed by atoms with Gasteiger partial charge < -0.3 is 0 Å². The van der Waals surface area contributed by atoms with Gasteiger partial charge in [0.05, 0.1) is 5.04 Å². The van der Waals surface area contributed by atoms with Crippen LogP contribution in [0.4, 0.5) is 5.13 Å². The molecule has 0 radical (unpaired) electrons. The van der Waals surface area contributed by atoms with Crippen molar-refractivity contribution in [1.82, 2.24) is 15.2 Å². The van der Waals surface area contributed by atoms with Crippen LogP contribution in [0.3, 0.4) is 0 Å². The molecule has 0 spiro atoms. The molecule has 0 fully saturated rings. The first-order chi connectivity index (χ1) is 11.1. The lowest BCUT2D eigenvalue weighted by molar-refractivity contribution is 0.400. The second-order valence-corrected chi connectivity index (χ2v) is 8.04. The van der Waals surface area contributed by atoms with Gasteiger partial charge in [-0.3, -0.25) is 10.3 Å². The van der Waals surface area contributed by atoms with Crippen LogP contribution in [0.15, 0.2) is 10.1 Å². The quantitative estimate of drug-likeness (QED) is 0.449.